The van der Waals surface area contributed by atoms with Crippen molar-refractivity contribution in [2.45, 2.75) is 4.90 Å². The van der Waals surface area contributed by atoms with E-state index in [4.69, 9.17) is 0 Å². The lowest BCUT2D eigenvalue weighted by Gasteiger charge is -2.15. The number of thioether (sulfide) groups is 1. The Balaban J connectivity index is 1.76. The van der Waals surface area contributed by atoms with Crippen LogP contribution in [-0.2, 0) is 9.59 Å². The van der Waals surface area contributed by atoms with E-state index in [0.717, 1.165) is 21.6 Å². The number of para-hydroxylation sites is 1. The van der Waals surface area contributed by atoms with Crippen molar-refractivity contribution < 1.29 is 18.4 Å². The molecule has 0 aliphatic carbocycles. The number of imide groups is 1. The van der Waals surface area contributed by atoms with Crippen LogP contribution >= 0.6 is 11.8 Å². The number of nitrogens with zero attached hydrogens (tertiary/aromatic N) is 1. The van der Waals surface area contributed by atoms with Gasteiger partial charge in [-0.25, -0.2) is 13.7 Å². The van der Waals surface area contributed by atoms with E-state index in [1.165, 1.54) is 42.5 Å². The van der Waals surface area contributed by atoms with Crippen molar-refractivity contribution in [1.29, 1.82) is 0 Å². The fraction of sp³-hybridized carbons (Fsp3) is 0. The minimum atomic E-state index is -0.636. The summed E-state index contributed by atoms with van der Waals surface area (Å²) in [4.78, 5) is 28.0. The number of rotatable bonds is 5. The summed E-state index contributed by atoms with van der Waals surface area (Å²) < 4.78 is 27.4. The van der Waals surface area contributed by atoms with Crippen molar-refractivity contribution in [3.8, 4) is 0 Å². The molecule has 0 bridgehead atoms. The third-order valence-electron chi connectivity index (χ3n) is 4.22. The van der Waals surface area contributed by atoms with E-state index in [2.05, 4.69) is 5.32 Å². The third kappa shape index (κ3) is 3.77. The van der Waals surface area contributed by atoms with Crippen molar-refractivity contribution >= 4 is 35.0 Å². The Morgan fingerprint density at radius 1 is 0.759 bits per heavy atom. The van der Waals surface area contributed by atoms with Gasteiger partial charge in [0.05, 0.1) is 11.4 Å². The van der Waals surface area contributed by atoms with Gasteiger partial charge >= 0.3 is 0 Å². The highest BCUT2D eigenvalue weighted by atomic mass is 32.2. The van der Waals surface area contributed by atoms with E-state index in [1.54, 1.807) is 18.2 Å². The van der Waals surface area contributed by atoms with Gasteiger partial charge in [0.15, 0.2) is 0 Å². The van der Waals surface area contributed by atoms with Crippen LogP contribution in [0.3, 0.4) is 0 Å². The first-order valence-electron chi connectivity index (χ1n) is 8.67. The maximum absolute atomic E-state index is 14.1. The number of nitrogens with one attached hydrogen (secondary N) is 1. The molecular weight excluding hydrogens is 394 g/mol. The molecule has 1 heterocycles. The zero-order chi connectivity index (χ0) is 20.4. The molecule has 2 amide bonds. The molecule has 0 atom stereocenters. The van der Waals surface area contributed by atoms with Gasteiger partial charge in [-0.05, 0) is 48.5 Å². The van der Waals surface area contributed by atoms with Gasteiger partial charge in [0.25, 0.3) is 11.8 Å². The smallest absolute Gasteiger partial charge is 0.283 e. The van der Waals surface area contributed by atoms with Crippen LogP contribution in [0.5, 0.6) is 0 Å². The molecule has 0 spiro atoms. The Bertz CT molecular complexity index is 1120. The molecule has 1 aliphatic rings. The first-order valence-corrected chi connectivity index (χ1v) is 9.49. The van der Waals surface area contributed by atoms with E-state index in [0.29, 0.717) is 0 Å². The first kappa shape index (κ1) is 18.9. The van der Waals surface area contributed by atoms with Gasteiger partial charge < -0.3 is 5.32 Å². The van der Waals surface area contributed by atoms with Gasteiger partial charge in [-0.1, -0.05) is 42.1 Å². The van der Waals surface area contributed by atoms with Gasteiger partial charge in [0, 0.05) is 4.90 Å². The molecule has 0 radical (unpaired) electrons. The van der Waals surface area contributed by atoms with Crippen LogP contribution < -0.4 is 10.2 Å². The van der Waals surface area contributed by atoms with Crippen LogP contribution in [0.15, 0.2) is 94.4 Å². The van der Waals surface area contributed by atoms with E-state index in [9.17, 15) is 18.4 Å². The topological polar surface area (TPSA) is 49.4 Å². The highest BCUT2D eigenvalue weighted by molar-refractivity contribution is 8.04. The lowest BCUT2D eigenvalue weighted by Crippen LogP contribution is -2.32. The molecule has 1 N–H and O–H groups in total. The normalized spacial score (nSPS) is 13.9. The number of benzene rings is 3. The molecule has 3 aromatic rings. The van der Waals surface area contributed by atoms with Crippen LogP contribution in [0.25, 0.3) is 0 Å². The highest BCUT2D eigenvalue weighted by Crippen LogP contribution is 2.38. The molecule has 0 fully saturated rings. The number of anilines is 2. The Hall–Kier alpha value is -3.45. The molecular formula is C22H14F2N2O2S. The predicted octanol–water partition coefficient (Wildman–Crippen LogP) is 4.95. The number of halogens is 2. The second kappa shape index (κ2) is 7.89. The minimum Gasteiger partial charge on any atom is -0.348 e. The van der Waals surface area contributed by atoms with Crippen molar-refractivity contribution in [1.82, 2.24) is 0 Å². The van der Waals surface area contributed by atoms with Crippen molar-refractivity contribution in [3.05, 3.63) is 101 Å². The maximum Gasteiger partial charge on any atom is 0.283 e. The van der Waals surface area contributed by atoms with Crippen LogP contribution in [0.2, 0.25) is 0 Å². The van der Waals surface area contributed by atoms with Crippen LogP contribution in [-0.4, -0.2) is 11.8 Å². The predicted molar refractivity (Wildman–Crippen MR) is 108 cm³/mol. The van der Waals surface area contributed by atoms with Crippen LogP contribution in [0, 0.1) is 11.6 Å². The number of hydrogen-bond donors (Lipinski definition) is 1. The first-order chi connectivity index (χ1) is 14.0. The van der Waals surface area contributed by atoms with E-state index in [1.807, 2.05) is 18.2 Å². The Morgan fingerprint density at radius 3 is 2.10 bits per heavy atom. The average molecular weight is 408 g/mol. The number of carbonyl (C=O) groups excluding carboxylic acids is 2. The molecule has 29 heavy (non-hydrogen) atoms. The maximum atomic E-state index is 14.1. The fourth-order valence-electron chi connectivity index (χ4n) is 2.84. The summed E-state index contributed by atoms with van der Waals surface area (Å²) in [5.41, 5.74) is 0.284. The largest absolute Gasteiger partial charge is 0.348 e. The van der Waals surface area contributed by atoms with Gasteiger partial charge in [-0.2, -0.15) is 0 Å². The Labute approximate surface area is 169 Å². The zero-order valence-electron chi connectivity index (χ0n) is 14.9. The monoisotopic (exact) mass is 408 g/mol. The third-order valence-corrected chi connectivity index (χ3v) is 5.31. The van der Waals surface area contributed by atoms with Crippen molar-refractivity contribution in [3.63, 3.8) is 0 Å². The van der Waals surface area contributed by atoms with Crippen LogP contribution in [0.4, 0.5) is 20.2 Å². The molecule has 1 aliphatic heterocycles. The zero-order valence-corrected chi connectivity index (χ0v) is 15.7. The Kier molecular flexibility index (Phi) is 5.14. The van der Waals surface area contributed by atoms with Crippen molar-refractivity contribution in [2.75, 3.05) is 10.2 Å². The summed E-state index contributed by atoms with van der Waals surface area (Å²) in [7, 11) is 0. The standard InChI is InChI=1S/C22H14F2N2O2S/c23-14-10-12-15(13-11-14)26-21(27)19(25-18-9-5-4-8-17(18)24)20(22(26)28)29-16-6-2-1-3-7-16/h1-13,25H. The van der Waals surface area contributed by atoms with Gasteiger partial charge in [-0.3, -0.25) is 9.59 Å². The minimum absolute atomic E-state index is 0.0294. The number of amides is 2. The molecule has 0 saturated carbocycles. The average Bonchev–Trinajstić information content (AvgIpc) is 2.95. The van der Waals surface area contributed by atoms with Crippen LogP contribution in [0.1, 0.15) is 0 Å². The van der Waals surface area contributed by atoms with Gasteiger partial charge in [0.2, 0.25) is 0 Å². The fourth-order valence-corrected chi connectivity index (χ4v) is 3.79. The molecule has 0 saturated heterocycles. The lowest BCUT2D eigenvalue weighted by molar-refractivity contribution is -0.120. The quantitative estimate of drug-likeness (QED) is 0.607. The Morgan fingerprint density at radius 2 is 1.41 bits per heavy atom. The SMILES string of the molecule is O=C1C(Nc2ccccc2F)=C(Sc2ccccc2)C(=O)N1c1ccc(F)cc1. The summed E-state index contributed by atoms with van der Waals surface area (Å²) in [5.74, 6) is -2.23. The molecule has 0 unspecified atom stereocenters. The summed E-state index contributed by atoms with van der Waals surface area (Å²) in [5, 5.41) is 2.77. The molecule has 4 rings (SSSR count). The van der Waals surface area contributed by atoms with E-state index < -0.39 is 23.4 Å². The number of hydrogen-bond acceptors (Lipinski definition) is 4. The molecule has 7 heteroatoms. The van der Waals surface area contributed by atoms with Crippen molar-refractivity contribution in [2.24, 2.45) is 0 Å². The highest BCUT2D eigenvalue weighted by Gasteiger charge is 2.40. The second-order valence-electron chi connectivity index (χ2n) is 6.15. The lowest BCUT2D eigenvalue weighted by atomic mass is 10.2. The summed E-state index contributed by atoms with van der Waals surface area (Å²) in [6.45, 7) is 0. The molecule has 3 aromatic carbocycles. The second-order valence-corrected chi connectivity index (χ2v) is 7.23. The molecule has 4 nitrogen and oxygen atoms in total. The molecule has 0 aromatic heterocycles. The van der Waals surface area contributed by atoms with Gasteiger partial charge in [0.1, 0.15) is 22.2 Å². The number of carbonyl (C=O) groups is 2. The summed E-state index contributed by atoms with van der Waals surface area (Å²) in [6.07, 6.45) is 0. The summed E-state index contributed by atoms with van der Waals surface area (Å²) in [6, 6.07) is 20.0. The van der Waals surface area contributed by atoms with E-state index >= 15 is 0 Å². The van der Waals surface area contributed by atoms with E-state index in [-0.39, 0.29) is 22.0 Å². The summed E-state index contributed by atoms with van der Waals surface area (Å²) >= 11 is 1.11. The van der Waals surface area contributed by atoms with Gasteiger partial charge in [-0.15, -0.1) is 0 Å². The molecule has 144 valence electrons.